The number of hydrogen-bond acceptors (Lipinski definition) is 5. The number of thiazole rings is 1. The molecule has 10 heteroatoms. The van der Waals surface area contributed by atoms with Crippen LogP contribution in [0.1, 0.15) is 23.2 Å². The number of aliphatic imine (C=N–C) groups is 1. The molecule has 1 aromatic carbocycles. The first-order valence-electron chi connectivity index (χ1n) is 8.23. The van der Waals surface area contributed by atoms with Crippen molar-refractivity contribution in [3.8, 4) is 11.5 Å². The minimum absolute atomic E-state index is 0.0346. The van der Waals surface area contributed by atoms with Crippen LogP contribution >= 0.6 is 11.3 Å². The number of halogens is 3. The molecule has 0 saturated carbocycles. The van der Waals surface area contributed by atoms with Gasteiger partial charge < -0.3 is 20.5 Å². The molecule has 0 atom stereocenters. The van der Waals surface area contributed by atoms with E-state index < -0.39 is 11.9 Å². The molecular weight excluding hydrogens is 381 g/mol. The number of aromatic hydroxyl groups is 1. The van der Waals surface area contributed by atoms with E-state index in [1.165, 1.54) is 7.11 Å². The van der Waals surface area contributed by atoms with Gasteiger partial charge in [0, 0.05) is 24.9 Å². The van der Waals surface area contributed by atoms with Crippen LogP contribution in [0.25, 0.3) is 0 Å². The molecule has 6 nitrogen and oxygen atoms in total. The van der Waals surface area contributed by atoms with Crippen LogP contribution < -0.4 is 15.4 Å². The normalized spacial score (nSPS) is 12.1. The van der Waals surface area contributed by atoms with Crippen molar-refractivity contribution in [1.29, 1.82) is 0 Å². The molecule has 27 heavy (non-hydrogen) atoms. The molecular formula is C17H21F3N4O2S. The summed E-state index contributed by atoms with van der Waals surface area (Å²) in [4.78, 5) is 8.00. The smallest absolute Gasteiger partial charge is 0.434 e. The SMILES string of the molecule is CCNC(=NCc1ccc(OC)c(O)c1)NCCc1nc(C(F)(F)F)cs1. The molecule has 0 amide bonds. The van der Waals surface area contributed by atoms with Gasteiger partial charge in [0.05, 0.1) is 18.7 Å². The fourth-order valence-electron chi connectivity index (χ4n) is 2.19. The van der Waals surface area contributed by atoms with Gasteiger partial charge in [-0.25, -0.2) is 9.98 Å². The van der Waals surface area contributed by atoms with Crippen molar-refractivity contribution >= 4 is 17.3 Å². The van der Waals surface area contributed by atoms with Gasteiger partial charge in [0.2, 0.25) is 0 Å². The van der Waals surface area contributed by atoms with Gasteiger partial charge in [-0.05, 0) is 24.6 Å². The van der Waals surface area contributed by atoms with E-state index in [2.05, 4.69) is 20.6 Å². The Labute approximate surface area is 159 Å². The second kappa shape index (κ2) is 9.45. The second-order valence-corrected chi connectivity index (χ2v) is 6.45. The Kier molecular flexibility index (Phi) is 7.28. The highest BCUT2D eigenvalue weighted by molar-refractivity contribution is 7.09. The number of methoxy groups -OCH3 is 1. The molecule has 0 saturated heterocycles. The lowest BCUT2D eigenvalue weighted by Crippen LogP contribution is -2.38. The maximum atomic E-state index is 12.6. The van der Waals surface area contributed by atoms with Crippen molar-refractivity contribution in [2.24, 2.45) is 4.99 Å². The van der Waals surface area contributed by atoms with Gasteiger partial charge in [0.1, 0.15) is 0 Å². The van der Waals surface area contributed by atoms with Crippen LogP contribution in [0.5, 0.6) is 11.5 Å². The summed E-state index contributed by atoms with van der Waals surface area (Å²) in [5, 5.41) is 17.3. The molecule has 0 radical (unpaired) electrons. The number of ether oxygens (including phenoxy) is 1. The van der Waals surface area contributed by atoms with Gasteiger partial charge in [-0.1, -0.05) is 6.07 Å². The van der Waals surface area contributed by atoms with E-state index in [0.29, 0.717) is 42.8 Å². The van der Waals surface area contributed by atoms with Crippen LogP contribution in [-0.4, -0.2) is 36.2 Å². The lowest BCUT2D eigenvalue weighted by molar-refractivity contribution is -0.140. The molecule has 0 spiro atoms. The summed E-state index contributed by atoms with van der Waals surface area (Å²) in [5.74, 6) is 0.947. The summed E-state index contributed by atoms with van der Waals surface area (Å²) < 4.78 is 42.7. The maximum absolute atomic E-state index is 12.6. The van der Waals surface area contributed by atoms with E-state index in [1.54, 1.807) is 18.2 Å². The number of nitrogens with one attached hydrogen (secondary N) is 2. The van der Waals surface area contributed by atoms with E-state index in [9.17, 15) is 18.3 Å². The third-order valence-corrected chi connectivity index (χ3v) is 4.39. The molecule has 0 aliphatic carbocycles. The Bertz CT molecular complexity index is 778. The monoisotopic (exact) mass is 402 g/mol. The van der Waals surface area contributed by atoms with Gasteiger partial charge >= 0.3 is 6.18 Å². The number of phenols is 1. The molecule has 0 aliphatic rings. The first-order valence-corrected chi connectivity index (χ1v) is 9.11. The van der Waals surface area contributed by atoms with Crippen molar-refractivity contribution in [3.63, 3.8) is 0 Å². The molecule has 0 aliphatic heterocycles. The van der Waals surface area contributed by atoms with Crippen molar-refractivity contribution in [1.82, 2.24) is 15.6 Å². The van der Waals surface area contributed by atoms with E-state index in [1.807, 2.05) is 6.92 Å². The van der Waals surface area contributed by atoms with Crippen LogP contribution in [0.15, 0.2) is 28.6 Å². The van der Waals surface area contributed by atoms with E-state index in [4.69, 9.17) is 4.74 Å². The molecule has 0 unspecified atom stereocenters. The minimum Gasteiger partial charge on any atom is -0.504 e. The van der Waals surface area contributed by atoms with Crippen LogP contribution in [0.3, 0.4) is 0 Å². The average Bonchev–Trinajstić information content (AvgIpc) is 3.09. The van der Waals surface area contributed by atoms with Crippen LogP contribution in [0.4, 0.5) is 13.2 Å². The van der Waals surface area contributed by atoms with Gasteiger partial charge in [0.15, 0.2) is 23.2 Å². The zero-order valence-corrected chi connectivity index (χ0v) is 15.7. The van der Waals surface area contributed by atoms with Crippen LogP contribution in [0.2, 0.25) is 0 Å². The molecule has 148 valence electrons. The number of guanidine groups is 1. The fraction of sp³-hybridized carbons (Fsp3) is 0.412. The maximum Gasteiger partial charge on any atom is 0.434 e. The summed E-state index contributed by atoms with van der Waals surface area (Å²) in [6.45, 7) is 3.26. The first-order chi connectivity index (χ1) is 12.8. The summed E-state index contributed by atoms with van der Waals surface area (Å²) in [6, 6.07) is 5.02. The van der Waals surface area contributed by atoms with Crippen LogP contribution in [0, 0.1) is 0 Å². The number of rotatable bonds is 7. The second-order valence-electron chi connectivity index (χ2n) is 5.50. The highest BCUT2D eigenvalue weighted by Gasteiger charge is 2.33. The Balaban J connectivity index is 1.91. The Hall–Kier alpha value is -2.49. The minimum atomic E-state index is -4.41. The quantitative estimate of drug-likeness (QED) is 0.490. The third kappa shape index (κ3) is 6.31. The summed E-state index contributed by atoms with van der Waals surface area (Å²) in [6.07, 6.45) is -4.06. The molecule has 0 fully saturated rings. The number of phenolic OH excluding ortho intramolecular Hbond substituents is 1. The fourth-order valence-corrected chi connectivity index (χ4v) is 2.99. The van der Waals surface area contributed by atoms with Crippen molar-refractivity contribution in [2.75, 3.05) is 20.2 Å². The first kappa shape index (κ1) is 20.8. The van der Waals surface area contributed by atoms with Gasteiger partial charge in [-0.3, -0.25) is 0 Å². The Morgan fingerprint density at radius 1 is 1.33 bits per heavy atom. The van der Waals surface area contributed by atoms with Gasteiger partial charge in [0.25, 0.3) is 0 Å². The summed E-state index contributed by atoms with van der Waals surface area (Å²) in [5.41, 5.74) is -0.0670. The average molecular weight is 402 g/mol. The number of alkyl halides is 3. The molecule has 2 rings (SSSR count). The summed E-state index contributed by atoms with van der Waals surface area (Å²) >= 11 is 0.986. The topological polar surface area (TPSA) is 78.8 Å². The Morgan fingerprint density at radius 2 is 2.11 bits per heavy atom. The third-order valence-electron chi connectivity index (χ3n) is 3.48. The molecule has 1 aromatic heterocycles. The predicted octanol–water partition coefficient (Wildman–Crippen LogP) is 3.17. The number of benzene rings is 1. The number of hydrogen-bond donors (Lipinski definition) is 3. The van der Waals surface area contributed by atoms with Crippen molar-refractivity contribution < 1.29 is 23.0 Å². The summed E-state index contributed by atoms with van der Waals surface area (Å²) in [7, 11) is 1.47. The van der Waals surface area contributed by atoms with Gasteiger partial charge in [-0.15, -0.1) is 11.3 Å². The molecule has 3 N–H and O–H groups in total. The molecule has 0 bridgehead atoms. The molecule has 1 heterocycles. The lowest BCUT2D eigenvalue weighted by Gasteiger charge is -2.11. The number of aromatic nitrogens is 1. The zero-order valence-electron chi connectivity index (χ0n) is 14.9. The Morgan fingerprint density at radius 3 is 2.70 bits per heavy atom. The highest BCUT2D eigenvalue weighted by Crippen LogP contribution is 2.30. The van der Waals surface area contributed by atoms with E-state index in [0.717, 1.165) is 22.3 Å². The van der Waals surface area contributed by atoms with Crippen LogP contribution in [-0.2, 0) is 19.1 Å². The standard InChI is InChI=1S/C17H21F3N4O2S/c1-3-21-16(23-9-11-4-5-13(26-2)12(25)8-11)22-7-6-15-24-14(10-27-15)17(18,19)20/h4-5,8,10,25H,3,6-7,9H2,1-2H3,(H2,21,22,23). The lowest BCUT2D eigenvalue weighted by atomic mass is 10.2. The largest absolute Gasteiger partial charge is 0.504 e. The highest BCUT2D eigenvalue weighted by atomic mass is 32.1. The van der Waals surface area contributed by atoms with Crippen molar-refractivity contribution in [2.45, 2.75) is 26.1 Å². The molecule has 2 aromatic rings. The zero-order chi connectivity index (χ0) is 19.9. The van der Waals surface area contributed by atoms with E-state index in [-0.39, 0.29) is 5.75 Å². The predicted molar refractivity (Wildman–Crippen MR) is 98.3 cm³/mol. The van der Waals surface area contributed by atoms with E-state index >= 15 is 0 Å². The van der Waals surface area contributed by atoms with Gasteiger partial charge in [-0.2, -0.15) is 13.2 Å². The van der Waals surface area contributed by atoms with Crippen molar-refractivity contribution in [3.05, 3.63) is 39.8 Å². The number of nitrogens with zero attached hydrogens (tertiary/aromatic N) is 2.